The summed E-state index contributed by atoms with van der Waals surface area (Å²) in [7, 11) is 0. The van der Waals surface area contributed by atoms with Gasteiger partial charge < -0.3 is 31.3 Å². The van der Waals surface area contributed by atoms with E-state index < -0.39 is 34.7 Å². The lowest BCUT2D eigenvalue weighted by molar-refractivity contribution is -0.156. The molecule has 0 saturated carbocycles. The number of hydrogen-bond acceptors (Lipinski definition) is 7. The van der Waals surface area contributed by atoms with Crippen molar-refractivity contribution in [3.63, 3.8) is 0 Å². The minimum atomic E-state index is -1.36. The van der Waals surface area contributed by atoms with Crippen LogP contribution >= 0.6 is 23.2 Å². The molecule has 0 aliphatic carbocycles. The van der Waals surface area contributed by atoms with Gasteiger partial charge >= 0.3 is 5.97 Å². The Balaban J connectivity index is 1.64. The van der Waals surface area contributed by atoms with Crippen molar-refractivity contribution in [2.24, 2.45) is 11.1 Å². The maximum atomic E-state index is 16.1. The number of nitrogens with one attached hydrogen (secondary N) is 2. The Morgan fingerprint density at radius 3 is 2.59 bits per heavy atom. The predicted octanol–water partition coefficient (Wildman–Crippen LogP) is 5.32. The van der Waals surface area contributed by atoms with Crippen molar-refractivity contribution < 1.29 is 28.5 Å². The minimum absolute atomic E-state index is 0.105. The van der Waals surface area contributed by atoms with Crippen LogP contribution in [0.15, 0.2) is 60.7 Å². The molecule has 0 amide bonds. The van der Waals surface area contributed by atoms with E-state index in [1.54, 1.807) is 19.9 Å². The smallest absolute Gasteiger partial charge is 0.311 e. The highest BCUT2D eigenvalue weighted by atomic mass is 35.5. The summed E-state index contributed by atoms with van der Waals surface area (Å²) in [4.78, 5) is 13.2. The van der Waals surface area contributed by atoms with Crippen molar-refractivity contribution in [2.45, 2.75) is 63.4 Å². The van der Waals surface area contributed by atoms with Crippen LogP contribution in [0.2, 0.25) is 10.0 Å². The molecular weight excluding hydrogens is 611 g/mol. The molecule has 0 aromatic heterocycles. The maximum absolute atomic E-state index is 16.1. The average Bonchev–Trinajstić information content (AvgIpc) is 3.29. The van der Waals surface area contributed by atoms with Crippen molar-refractivity contribution in [3.8, 4) is 11.1 Å². The quantitative estimate of drug-likeness (QED) is 0.126. The van der Waals surface area contributed by atoms with Gasteiger partial charge in [0.2, 0.25) is 0 Å². The minimum Gasteiger partial charge on any atom is -0.460 e. The fourth-order valence-corrected chi connectivity index (χ4v) is 6.25. The molecule has 44 heavy (non-hydrogen) atoms. The number of aliphatic hydroxyl groups is 2. The Hall–Kier alpha value is -2.63. The van der Waals surface area contributed by atoms with Gasteiger partial charge in [-0.3, -0.25) is 4.79 Å². The molecule has 1 aliphatic rings. The van der Waals surface area contributed by atoms with Crippen LogP contribution in [0.25, 0.3) is 11.1 Å². The summed E-state index contributed by atoms with van der Waals surface area (Å²) in [5.41, 5.74) is 6.56. The van der Waals surface area contributed by atoms with Gasteiger partial charge in [0.1, 0.15) is 18.2 Å². The van der Waals surface area contributed by atoms with Crippen molar-refractivity contribution in [1.82, 2.24) is 10.6 Å². The van der Waals surface area contributed by atoms with Gasteiger partial charge in [0.25, 0.3) is 0 Å². The Labute approximate surface area is 266 Å². The molecule has 1 heterocycles. The van der Waals surface area contributed by atoms with E-state index in [-0.39, 0.29) is 53.8 Å². The zero-order chi connectivity index (χ0) is 32.1. The highest BCUT2D eigenvalue weighted by Gasteiger charge is 2.50. The number of carbonyl (C=O) groups is 1. The average molecular weight is 651 g/mol. The molecule has 1 fully saturated rings. The van der Waals surface area contributed by atoms with E-state index in [0.29, 0.717) is 30.5 Å². The Bertz CT molecular complexity index is 1430. The Kier molecular flexibility index (Phi) is 11.4. The molecule has 0 radical (unpaired) electrons. The molecule has 4 atom stereocenters. The number of benzene rings is 3. The van der Waals surface area contributed by atoms with Crippen LogP contribution in [0.4, 0.5) is 8.78 Å². The number of ether oxygens (including phenoxy) is 1. The SMILES string of the molecule is CC(C)(C[C@H]1C[C@@](N)(c2c(-c3cc(F)cc(Cl)c3)ccc(Cl)c2F)[C@H](CNCCC(O)CO)N1)C(=O)OCc1ccccc1. The predicted molar refractivity (Wildman–Crippen MR) is 168 cm³/mol. The van der Waals surface area contributed by atoms with Crippen LogP contribution in [0.3, 0.4) is 0 Å². The van der Waals surface area contributed by atoms with Crippen LogP contribution in [0, 0.1) is 17.0 Å². The summed E-state index contributed by atoms with van der Waals surface area (Å²) < 4.78 is 36.2. The zero-order valence-corrected chi connectivity index (χ0v) is 26.3. The first-order chi connectivity index (χ1) is 20.8. The summed E-state index contributed by atoms with van der Waals surface area (Å²) in [6, 6.07) is 15.4. The molecule has 6 N–H and O–H groups in total. The van der Waals surface area contributed by atoms with Gasteiger partial charge in [0, 0.05) is 29.2 Å². The fraction of sp³-hybridized carbons (Fsp3) is 0.424. The molecule has 3 aromatic carbocycles. The topological polar surface area (TPSA) is 117 Å². The molecule has 238 valence electrons. The van der Waals surface area contributed by atoms with Crippen molar-refractivity contribution >= 4 is 29.2 Å². The number of carbonyl (C=O) groups excluding carboxylic acids is 1. The summed E-state index contributed by atoms with van der Waals surface area (Å²) >= 11 is 12.5. The van der Waals surface area contributed by atoms with Crippen LogP contribution < -0.4 is 16.4 Å². The first kappa shape index (κ1) is 34.2. The number of esters is 1. The molecule has 3 aromatic rings. The molecule has 1 saturated heterocycles. The molecule has 0 bridgehead atoms. The lowest BCUT2D eigenvalue weighted by atomic mass is 9.76. The van der Waals surface area contributed by atoms with Crippen molar-refractivity contribution in [1.29, 1.82) is 0 Å². The third-order valence-electron chi connectivity index (χ3n) is 8.11. The first-order valence-corrected chi connectivity index (χ1v) is 15.3. The third kappa shape index (κ3) is 8.14. The summed E-state index contributed by atoms with van der Waals surface area (Å²) in [6.45, 7) is 3.99. The second-order valence-electron chi connectivity index (χ2n) is 12.1. The Morgan fingerprint density at radius 1 is 1.18 bits per heavy atom. The van der Waals surface area contributed by atoms with E-state index >= 15 is 4.39 Å². The van der Waals surface area contributed by atoms with E-state index in [1.807, 2.05) is 30.3 Å². The summed E-state index contributed by atoms with van der Waals surface area (Å²) in [5.74, 6) is -1.69. The largest absolute Gasteiger partial charge is 0.460 e. The fourth-order valence-electron chi connectivity index (χ4n) is 5.87. The second kappa shape index (κ2) is 14.6. The molecule has 1 unspecified atom stereocenters. The van der Waals surface area contributed by atoms with Gasteiger partial charge in [-0.05, 0) is 80.6 Å². The molecule has 4 rings (SSSR count). The van der Waals surface area contributed by atoms with Gasteiger partial charge in [-0.25, -0.2) is 8.78 Å². The van der Waals surface area contributed by atoms with E-state index in [9.17, 15) is 14.3 Å². The van der Waals surface area contributed by atoms with Gasteiger partial charge in [-0.2, -0.15) is 0 Å². The lowest BCUT2D eigenvalue weighted by Gasteiger charge is -2.34. The molecule has 7 nitrogen and oxygen atoms in total. The monoisotopic (exact) mass is 649 g/mol. The van der Waals surface area contributed by atoms with E-state index in [4.69, 9.17) is 38.8 Å². The Morgan fingerprint density at radius 2 is 1.91 bits per heavy atom. The van der Waals surface area contributed by atoms with E-state index in [2.05, 4.69) is 10.6 Å². The molecule has 11 heteroatoms. The highest BCUT2D eigenvalue weighted by Crippen LogP contribution is 2.44. The van der Waals surface area contributed by atoms with Gasteiger partial charge in [-0.15, -0.1) is 0 Å². The molecular formula is C33H39Cl2F2N3O4. The van der Waals surface area contributed by atoms with E-state index in [1.165, 1.54) is 18.2 Å². The zero-order valence-electron chi connectivity index (χ0n) is 24.8. The maximum Gasteiger partial charge on any atom is 0.311 e. The molecule has 0 spiro atoms. The summed E-state index contributed by atoms with van der Waals surface area (Å²) in [5, 5.41) is 25.7. The standard InChI is InChI=1S/C33H39Cl2F2N3O4/c1-32(2,31(43)44-19-20-6-4-3-5-7-20)15-24-16-33(38,28(40-24)17-39-11-10-25(42)18-41)29-26(8-9-27(35)30(29)37)21-12-22(34)14-23(36)13-21/h3-9,12-14,24-25,28,39-42H,10-11,15-19,38H2,1-2H3/t24-,25?,28-,33-/m0/s1. The normalized spacial score (nSPS) is 20.9. The highest BCUT2D eigenvalue weighted by molar-refractivity contribution is 6.31. The van der Waals surface area contributed by atoms with Gasteiger partial charge in [0.05, 0.1) is 28.7 Å². The van der Waals surface area contributed by atoms with Crippen LogP contribution in [-0.4, -0.2) is 54.1 Å². The number of rotatable bonds is 13. The van der Waals surface area contributed by atoms with Crippen LogP contribution in [-0.2, 0) is 21.7 Å². The molecule has 1 aliphatic heterocycles. The van der Waals surface area contributed by atoms with Crippen molar-refractivity contribution in [3.05, 3.63) is 93.5 Å². The number of nitrogens with two attached hydrogens (primary N) is 1. The van der Waals surface area contributed by atoms with Crippen molar-refractivity contribution in [2.75, 3.05) is 19.7 Å². The first-order valence-electron chi connectivity index (χ1n) is 14.5. The van der Waals surface area contributed by atoms with Gasteiger partial charge in [-0.1, -0.05) is 59.6 Å². The lowest BCUT2D eigenvalue weighted by Crippen LogP contribution is -2.53. The summed E-state index contributed by atoms with van der Waals surface area (Å²) in [6.07, 6.45) is -0.0284. The second-order valence-corrected chi connectivity index (χ2v) is 12.9. The number of aliphatic hydroxyl groups excluding tert-OH is 2. The number of hydrogen-bond donors (Lipinski definition) is 5. The van der Waals surface area contributed by atoms with E-state index in [0.717, 1.165) is 11.6 Å². The number of halogens is 4. The van der Waals surface area contributed by atoms with Gasteiger partial charge in [0.15, 0.2) is 0 Å². The van der Waals surface area contributed by atoms with Crippen LogP contribution in [0.5, 0.6) is 0 Å². The third-order valence-corrected chi connectivity index (χ3v) is 8.62. The van der Waals surface area contributed by atoms with Crippen LogP contribution in [0.1, 0.15) is 44.2 Å².